The third kappa shape index (κ3) is 3.53. The standard InChI is InChI=1S/C18H16FNO4/c19-14-4-1-11(2-5-14)15(10-17(21)22)20-18(23)13-3-6-16-12(9-13)7-8-24-16/h1-6,9,15H,7-8,10H2,(H,20,23)(H,21,22). The van der Waals surface area contributed by atoms with E-state index in [0.717, 1.165) is 17.7 Å². The van der Waals surface area contributed by atoms with Gasteiger partial charge in [0.1, 0.15) is 11.6 Å². The van der Waals surface area contributed by atoms with Gasteiger partial charge in [-0.25, -0.2) is 4.39 Å². The van der Waals surface area contributed by atoms with Gasteiger partial charge in [-0.1, -0.05) is 12.1 Å². The Kier molecular flexibility index (Phi) is 4.46. The van der Waals surface area contributed by atoms with E-state index in [2.05, 4.69) is 5.32 Å². The summed E-state index contributed by atoms with van der Waals surface area (Å²) in [5.41, 5.74) is 1.94. The second-order valence-electron chi connectivity index (χ2n) is 5.60. The molecule has 0 aliphatic carbocycles. The van der Waals surface area contributed by atoms with Gasteiger partial charge in [-0.05, 0) is 41.5 Å². The molecule has 0 spiro atoms. The number of rotatable bonds is 5. The van der Waals surface area contributed by atoms with Crippen molar-refractivity contribution in [1.29, 1.82) is 0 Å². The molecule has 1 amide bonds. The summed E-state index contributed by atoms with van der Waals surface area (Å²) in [7, 11) is 0. The summed E-state index contributed by atoms with van der Waals surface area (Å²) in [5.74, 6) is -1.07. The molecule has 3 rings (SSSR count). The summed E-state index contributed by atoms with van der Waals surface area (Å²) in [5, 5.41) is 11.8. The number of amides is 1. The van der Waals surface area contributed by atoms with Gasteiger partial charge in [0.15, 0.2) is 0 Å². The Balaban J connectivity index is 1.80. The summed E-state index contributed by atoms with van der Waals surface area (Å²) in [6.45, 7) is 0.595. The first-order chi connectivity index (χ1) is 11.5. The number of carbonyl (C=O) groups excluding carboxylic acids is 1. The minimum absolute atomic E-state index is 0.286. The molecule has 0 fully saturated rings. The molecule has 2 N–H and O–H groups in total. The number of hydrogen-bond donors (Lipinski definition) is 2. The van der Waals surface area contributed by atoms with E-state index in [0.29, 0.717) is 17.7 Å². The average molecular weight is 329 g/mol. The molecule has 1 unspecified atom stereocenters. The van der Waals surface area contributed by atoms with Gasteiger partial charge in [-0.2, -0.15) is 0 Å². The molecule has 0 bridgehead atoms. The van der Waals surface area contributed by atoms with E-state index in [1.807, 2.05) is 0 Å². The molecule has 5 nitrogen and oxygen atoms in total. The van der Waals surface area contributed by atoms with E-state index < -0.39 is 17.8 Å². The molecule has 124 valence electrons. The number of nitrogens with one attached hydrogen (secondary N) is 1. The lowest BCUT2D eigenvalue weighted by atomic mass is 10.0. The Morgan fingerprint density at radius 1 is 1.21 bits per heavy atom. The van der Waals surface area contributed by atoms with Crippen LogP contribution in [0.1, 0.15) is 33.9 Å². The fraction of sp³-hybridized carbons (Fsp3) is 0.222. The molecule has 2 aromatic carbocycles. The molecule has 6 heteroatoms. The topological polar surface area (TPSA) is 75.6 Å². The van der Waals surface area contributed by atoms with Crippen molar-refractivity contribution in [2.24, 2.45) is 0 Å². The highest BCUT2D eigenvalue weighted by Gasteiger charge is 2.20. The first-order valence-electron chi connectivity index (χ1n) is 7.57. The van der Waals surface area contributed by atoms with Crippen molar-refractivity contribution in [3.63, 3.8) is 0 Å². The quantitative estimate of drug-likeness (QED) is 0.884. The van der Waals surface area contributed by atoms with Crippen molar-refractivity contribution in [3.05, 3.63) is 65.0 Å². The van der Waals surface area contributed by atoms with Crippen LogP contribution in [-0.2, 0) is 11.2 Å². The van der Waals surface area contributed by atoms with Gasteiger partial charge in [0, 0.05) is 12.0 Å². The molecule has 1 atom stereocenters. The van der Waals surface area contributed by atoms with Crippen molar-refractivity contribution in [2.45, 2.75) is 18.9 Å². The number of carboxylic acid groups (broad SMARTS) is 1. The number of carboxylic acids is 1. The van der Waals surface area contributed by atoms with Crippen LogP contribution in [0.3, 0.4) is 0 Å². The zero-order valence-electron chi connectivity index (χ0n) is 12.8. The fourth-order valence-corrected chi connectivity index (χ4v) is 2.69. The normalized spacial score (nSPS) is 13.7. The number of hydrogen-bond acceptors (Lipinski definition) is 3. The maximum absolute atomic E-state index is 13.1. The molecule has 1 aliphatic heterocycles. The Morgan fingerprint density at radius 3 is 2.67 bits per heavy atom. The van der Waals surface area contributed by atoms with Crippen molar-refractivity contribution < 1.29 is 23.8 Å². The minimum atomic E-state index is -1.05. The van der Waals surface area contributed by atoms with Gasteiger partial charge in [0.25, 0.3) is 5.91 Å². The third-order valence-corrected chi connectivity index (χ3v) is 3.91. The first kappa shape index (κ1) is 16.0. The van der Waals surface area contributed by atoms with Gasteiger partial charge < -0.3 is 15.2 Å². The SMILES string of the molecule is O=C(O)CC(NC(=O)c1ccc2c(c1)CCO2)c1ccc(F)cc1. The van der Waals surface area contributed by atoms with Crippen molar-refractivity contribution >= 4 is 11.9 Å². The zero-order valence-corrected chi connectivity index (χ0v) is 12.8. The number of fused-ring (bicyclic) bond motifs is 1. The summed E-state index contributed by atoms with van der Waals surface area (Å²) >= 11 is 0. The van der Waals surface area contributed by atoms with Crippen LogP contribution in [0.25, 0.3) is 0 Å². The van der Waals surface area contributed by atoms with Crippen molar-refractivity contribution in [2.75, 3.05) is 6.61 Å². The number of halogens is 1. The third-order valence-electron chi connectivity index (χ3n) is 3.91. The molecule has 24 heavy (non-hydrogen) atoms. The van der Waals surface area contributed by atoms with E-state index >= 15 is 0 Å². The summed E-state index contributed by atoms with van der Waals surface area (Å²) in [6.07, 6.45) is 0.457. The number of carbonyl (C=O) groups is 2. The van der Waals surface area contributed by atoms with E-state index in [1.165, 1.54) is 24.3 Å². The summed E-state index contributed by atoms with van der Waals surface area (Å²) in [6, 6.07) is 9.81. The van der Waals surface area contributed by atoms with Crippen LogP contribution in [-0.4, -0.2) is 23.6 Å². The number of aliphatic carboxylic acids is 1. The van der Waals surface area contributed by atoms with Crippen molar-refractivity contribution in [3.8, 4) is 5.75 Å². The molecule has 0 saturated heterocycles. The highest BCUT2D eigenvalue weighted by Crippen LogP contribution is 2.26. The van der Waals surface area contributed by atoms with Crippen LogP contribution in [0.2, 0.25) is 0 Å². The largest absolute Gasteiger partial charge is 0.493 e. The molecular formula is C18H16FNO4. The van der Waals surface area contributed by atoms with Crippen LogP contribution in [0.5, 0.6) is 5.75 Å². The van der Waals surface area contributed by atoms with Gasteiger partial charge in [0.2, 0.25) is 0 Å². The lowest BCUT2D eigenvalue weighted by Crippen LogP contribution is -2.30. The predicted molar refractivity (Wildman–Crippen MR) is 84.5 cm³/mol. The van der Waals surface area contributed by atoms with E-state index in [9.17, 15) is 14.0 Å². The second-order valence-corrected chi connectivity index (χ2v) is 5.60. The molecular weight excluding hydrogens is 313 g/mol. The van der Waals surface area contributed by atoms with Gasteiger partial charge in [0.05, 0.1) is 19.1 Å². The van der Waals surface area contributed by atoms with Crippen LogP contribution in [0.15, 0.2) is 42.5 Å². The smallest absolute Gasteiger partial charge is 0.305 e. The first-order valence-corrected chi connectivity index (χ1v) is 7.57. The Morgan fingerprint density at radius 2 is 1.96 bits per heavy atom. The van der Waals surface area contributed by atoms with Crippen LogP contribution in [0.4, 0.5) is 4.39 Å². The van der Waals surface area contributed by atoms with Crippen LogP contribution < -0.4 is 10.1 Å². The Labute approximate surface area is 138 Å². The van der Waals surface area contributed by atoms with Crippen molar-refractivity contribution in [1.82, 2.24) is 5.32 Å². The summed E-state index contributed by atoms with van der Waals surface area (Å²) in [4.78, 5) is 23.5. The molecule has 1 aliphatic rings. The highest BCUT2D eigenvalue weighted by atomic mass is 19.1. The number of ether oxygens (including phenoxy) is 1. The lowest BCUT2D eigenvalue weighted by Gasteiger charge is -2.18. The predicted octanol–water partition coefficient (Wildman–Crippen LogP) is 2.71. The zero-order chi connectivity index (χ0) is 17.1. The molecule has 0 radical (unpaired) electrons. The maximum atomic E-state index is 13.1. The molecule has 2 aromatic rings. The van der Waals surface area contributed by atoms with Gasteiger partial charge >= 0.3 is 5.97 Å². The lowest BCUT2D eigenvalue weighted by molar-refractivity contribution is -0.137. The number of benzene rings is 2. The van der Waals surface area contributed by atoms with Crippen LogP contribution >= 0.6 is 0 Å². The highest BCUT2D eigenvalue weighted by molar-refractivity contribution is 5.95. The van der Waals surface area contributed by atoms with E-state index in [-0.39, 0.29) is 12.3 Å². The Bertz CT molecular complexity index is 773. The minimum Gasteiger partial charge on any atom is -0.493 e. The van der Waals surface area contributed by atoms with Gasteiger partial charge in [-0.15, -0.1) is 0 Å². The molecule has 1 heterocycles. The summed E-state index contributed by atoms with van der Waals surface area (Å²) < 4.78 is 18.5. The average Bonchev–Trinajstić information content (AvgIpc) is 3.02. The molecule has 0 saturated carbocycles. The Hall–Kier alpha value is -2.89. The molecule has 0 aromatic heterocycles. The fourth-order valence-electron chi connectivity index (χ4n) is 2.69. The van der Waals surface area contributed by atoms with Crippen LogP contribution in [0, 0.1) is 5.82 Å². The maximum Gasteiger partial charge on any atom is 0.305 e. The second kappa shape index (κ2) is 6.70. The monoisotopic (exact) mass is 329 g/mol. The van der Waals surface area contributed by atoms with Gasteiger partial charge in [-0.3, -0.25) is 9.59 Å². The van der Waals surface area contributed by atoms with E-state index in [4.69, 9.17) is 9.84 Å². The van der Waals surface area contributed by atoms with E-state index in [1.54, 1.807) is 18.2 Å².